The van der Waals surface area contributed by atoms with Crippen molar-refractivity contribution in [2.24, 2.45) is 0 Å². The van der Waals surface area contributed by atoms with Gasteiger partial charge in [0.15, 0.2) is 0 Å². The van der Waals surface area contributed by atoms with Gasteiger partial charge >= 0.3 is 0 Å². The monoisotopic (exact) mass is 428 g/mol. The Hall–Kier alpha value is -2.83. The van der Waals surface area contributed by atoms with Crippen LogP contribution in [0, 0.1) is 13.8 Å². The van der Waals surface area contributed by atoms with Gasteiger partial charge < -0.3 is 5.32 Å². The lowest BCUT2D eigenvalue weighted by Crippen LogP contribution is -2.38. The van der Waals surface area contributed by atoms with E-state index in [4.69, 9.17) is 11.6 Å². The lowest BCUT2D eigenvalue weighted by atomic mass is 10.2. The molecule has 0 aliphatic rings. The number of amides is 1. The second-order valence-electron chi connectivity index (χ2n) is 6.67. The summed E-state index contributed by atoms with van der Waals surface area (Å²) in [5, 5.41) is 3.33. The summed E-state index contributed by atoms with van der Waals surface area (Å²) < 4.78 is 27.6. The van der Waals surface area contributed by atoms with Crippen LogP contribution in [0.3, 0.4) is 0 Å². The van der Waals surface area contributed by atoms with Gasteiger partial charge in [0, 0.05) is 10.7 Å². The fourth-order valence-electron chi connectivity index (χ4n) is 2.83. The summed E-state index contributed by atoms with van der Waals surface area (Å²) in [4.78, 5) is 12.8. The minimum absolute atomic E-state index is 0.121. The molecule has 0 saturated heterocycles. The molecule has 3 aromatic rings. The molecule has 5 nitrogen and oxygen atoms in total. The largest absolute Gasteiger partial charge is 0.324 e. The van der Waals surface area contributed by atoms with E-state index in [0.29, 0.717) is 16.4 Å². The van der Waals surface area contributed by atoms with E-state index in [9.17, 15) is 13.2 Å². The van der Waals surface area contributed by atoms with Crippen LogP contribution >= 0.6 is 11.6 Å². The van der Waals surface area contributed by atoms with E-state index in [1.807, 2.05) is 26.0 Å². The maximum Gasteiger partial charge on any atom is 0.264 e. The first kappa shape index (κ1) is 20.9. The summed E-state index contributed by atoms with van der Waals surface area (Å²) in [6, 6.07) is 20.2. The molecule has 0 aromatic heterocycles. The second kappa shape index (κ2) is 8.68. The quantitative estimate of drug-likeness (QED) is 0.613. The van der Waals surface area contributed by atoms with Crippen LogP contribution in [0.4, 0.5) is 11.4 Å². The Morgan fingerprint density at radius 3 is 2.24 bits per heavy atom. The van der Waals surface area contributed by atoms with Crippen molar-refractivity contribution in [1.82, 2.24) is 0 Å². The van der Waals surface area contributed by atoms with Crippen LogP contribution in [-0.4, -0.2) is 20.9 Å². The Balaban J connectivity index is 1.93. The van der Waals surface area contributed by atoms with E-state index in [0.717, 1.165) is 15.4 Å². The number of benzene rings is 3. The van der Waals surface area contributed by atoms with E-state index in [-0.39, 0.29) is 11.4 Å². The average Bonchev–Trinajstić information content (AvgIpc) is 2.70. The Morgan fingerprint density at radius 1 is 0.966 bits per heavy atom. The molecule has 0 fully saturated rings. The first-order chi connectivity index (χ1) is 13.8. The normalized spacial score (nSPS) is 11.1. The molecule has 29 heavy (non-hydrogen) atoms. The minimum Gasteiger partial charge on any atom is -0.324 e. The van der Waals surface area contributed by atoms with Gasteiger partial charge in [0.1, 0.15) is 6.54 Å². The molecule has 0 unspecified atom stereocenters. The van der Waals surface area contributed by atoms with Crippen LogP contribution in [0.25, 0.3) is 0 Å². The van der Waals surface area contributed by atoms with Crippen LogP contribution < -0.4 is 9.62 Å². The van der Waals surface area contributed by atoms with E-state index in [1.54, 1.807) is 48.5 Å². The van der Waals surface area contributed by atoms with E-state index < -0.39 is 15.9 Å². The summed E-state index contributed by atoms with van der Waals surface area (Å²) in [5.74, 6) is -0.449. The van der Waals surface area contributed by atoms with E-state index >= 15 is 0 Å². The molecule has 3 rings (SSSR count). The SMILES string of the molecule is Cc1ccc(N(CC(=O)Nc2ccc(Cl)cc2C)S(=O)(=O)c2ccccc2)cc1. The van der Waals surface area contributed by atoms with Crippen molar-refractivity contribution in [2.75, 3.05) is 16.2 Å². The number of hydrogen-bond donors (Lipinski definition) is 1. The zero-order valence-electron chi connectivity index (χ0n) is 16.1. The van der Waals surface area contributed by atoms with Crippen molar-refractivity contribution in [3.05, 3.63) is 88.9 Å². The molecular formula is C22H21ClN2O3S. The third kappa shape index (κ3) is 4.96. The highest BCUT2D eigenvalue weighted by Gasteiger charge is 2.27. The number of carbonyl (C=O) groups excluding carboxylic acids is 1. The Morgan fingerprint density at radius 2 is 1.62 bits per heavy atom. The van der Waals surface area contributed by atoms with E-state index in [1.165, 1.54) is 12.1 Å². The number of halogens is 1. The highest BCUT2D eigenvalue weighted by atomic mass is 35.5. The molecule has 0 saturated carbocycles. The number of nitrogens with zero attached hydrogens (tertiary/aromatic N) is 1. The molecule has 1 amide bonds. The summed E-state index contributed by atoms with van der Waals surface area (Å²) in [6.07, 6.45) is 0. The van der Waals surface area contributed by atoms with Gasteiger partial charge in [-0.3, -0.25) is 9.10 Å². The molecule has 0 bridgehead atoms. The smallest absolute Gasteiger partial charge is 0.264 e. The molecule has 150 valence electrons. The highest BCUT2D eigenvalue weighted by Crippen LogP contribution is 2.25. The first-order valence-electron chi connectivity index (χ1n) is 8.98. The number of hydrogen-bond acceptors (Lipinski definition) is 3. The Bertz CT molecular complexity index is 1110. The fourth-order valence-corrected chi connectivity index (χ4v) is 4.50. The summed E-state index contributed by atoms with van der Waals surface area (Å²) >= 11 is 5.96. The molecule has 0 heterocycles. The third-order valence-corrected chi connectivity index (χ3v) is 6.43. The van der Waals surface area contributed by atoms with Gasteiger partial charge in [0.2, 0.25) is 5.91 Å². The predicted molar refractivity (Wildman–Crippen MR) is 117 cm³/mol. The minimum atomic E-state index is -3.92. The molecule has 1 N–H and O–H groups in total. The molecule has 0 aliphatic heterocycles. The number of rotatable bonds is 6. The fraction of sp³-hybridized carbons (Fsp3) is 0.136. The van der Waals surface area contributed by atoms with Crippen LogP contribution in [0.1, 0.15) is 11.1 Å². The predicted octanol–water partition coefficient (Wildman–Crippen LogP) is 4.79. The van der Waals surface area contributed by atoms with Crippen LogP contribution in [-0.2, 0) is 14.8 Å². The van der Waals surface area contributed by atoms with Crippen molar-refractivity contribution in [2.45, 2.75) is 18.7 Å². The average molecular weight is 429 g/mol. The zero-order valence-corrected chi connectivity index (χ0v) is 17.7. The number of anilines is 2. The number of nitrogens with one attached hydrogen (secondary N) is 1. The van der Waals surface area contributed by atoms with Crippen LogP contribution in [0.5, 0.6) is 0 Å². The lowest BCUT2D eigenvalue weighted by molar-refractivity contribution is -0.114. The lowest BCUT2D eigenvalue weighted by Gasteiger charge is -2.24. The molecule has 7 heteroatoms. The molecule has 0 atom stereocenters. The first-order valence-corrected chi connectivity index (χ1v) is 10.8. The topological polar surface area (TPSA) is 66.5 Å². The van der Waals surface area contributed by atoms with Crippen molar-refractivity contribution < 1.29 is 13.2 Å². The zero-order chi connectivity index (χ0) is 21.0. The van der Waals surface area contributed by atoms with Crippen molar-refractivity contribution in [3.63, 3.8) is 0 Å². The highest BCUT2D eigenvalue weighted by molar-refractivity contribution is 7.92. The van der Waals surface area contributed by atoms with E-state index in [2.05, 4.69) is 5.32 Å². The van der Waals surface area contributed by atoms with Gasteiger partial charge in [-0.15, -0.1) is 0 Å². The van der Waals surface area contributed by atoms with Gasteiger partial charge in [-0.1, -0.05) is 47.5 Å². The maximum atomic E-state index is 13.2. The number of sulfonamides is 1. The Labute approximate surface area is 176 Å². The number of carbonyl (C=O) groups is 1. The van der Waals surface area contributed by atoms with Gasteiger partial charge in [-0.25, -0.2) is 8.42 Å². The molecule has 0 spiro atoms. The maximum absolute atomic E-state index is 13.2. The Kier molecular flexibility index (Phi) is 6.25. The van der Waals surface area contributed by atoms with Crippen molar-refractivity contribution in [1.29, 1.82) is 0 Å². The summed E-state index contributed by atoms with van der Waals surface area (Å²) in [7, 11) is -3.92. The standard InChI is InChI=1S/C22H21ClN2O3S/c1-16-8-11-19(12-9-16)25(29(27,28)20-6-4-3-5-7-20)15-22(26)24-21-13-10-18(23)14-17(21)2/h3-14H,15H2,1-2H3,(H,24,26). The third-order valence-electron chi connectivity index (χ3n) is 4.40. The van der Waals surface area contributed by atoms with Crippen LogP contribution in [0.15, 0.2) is 77.7 Å². The van der Waals surface area contributed by atoms with Gasteiger partial charge in [-0.05, 0) is 61.9 Å². The summed E-state index contributed by atoms with van der Waals surface area (Å²) in [6.45, 7) is 3.37. The molecule has 3 aromatic carbocycles. The molecular weight excluding hydrogens is 408 g/mol. The number of aryl methyl sites for hydroxylation is 2. The summed E-state index contributed by atoms with van der Waals surface area (Å²) in [5.41, 5.74) is 2.79. The molecule has 0 radical (unpaired) electrons. The van der Waals surface area contributed by atoms with Gasteiger partial charge in [0.25, 0.3) is 10.0 Å². The van der Waals surface area contributed by atoms with Gasteiger partial charge in [0.05, 0.1) is 10.6 Å². The van der Waals surface area contributed by atoms with Gasteiger partial charge in [-0.2, -0.15) is 0 Å². The van der Waals surface area contributed by atoms with Crippen molar-refractivity contribution >= 4 is 38.9 Å². The van der Waals surface area contributed by atoms with Crippen LogP contribution in [0.2, 0.25) is 5.02 Å². The van der Waals surface area contributed by atoms with Crippen molar-refractivity contribution in [3.8, 4) is 0 Å². The molecule has 0 aliphatic carbocycles. The second-order valence-corrected chi connectivity index (χ2v) is 8.97.